The van der Waals surface area contributed by atoms with E-state index in [9.17, 15) is 9.59 Å². The Kier molecular flexibility index (Phi) is 4.67. The molecule has 0 fully saturated rings. The number of carbonyl (C=O) groups excluding carboxylic acids is 1. The number of hydrogen-bond acceptors (Lipinski definition) is 6. The van der Waals surface area contributed by atoms with Gasteiger partial charge >= 0.3 is 5.97 Å². The second-order valence-corrected chi connectivity index (χ2v) is 5.60. The summed E-state index contributed by atoms with van der Waals surface area (Å²) in [5.41, 5.74) is 1.56. The molecule has 0 saturated heterocycles. The number of nitriles is 1. The largest absolute Gasteiger partial charge is 0.493 e. The third-order valence-electron chi connectivity index (χ3n) is 3.87. The molecule has 0 spiro atoms. The predicted molar refractivity (Wildman–Crippen MR) is 94.1 cm³/mol. The molecule has 0 aliphatic carbocycles. The molecular weight excluding hydrogens is 334 g/mol. The Labute approximate surface area is 149 Å². The number of carbonyl (C=O) groups is 1. The monoisotopic (exact) mass is 349 g/mol. The third-order valence-corrected chi connectivity index (χ3v) is 3.87. The Morgan fingerprint density at radius 3 is 2.81 bits per heavy atom. The second-order valence-electron chi connectivity index (χ2n) is 5.60. The molecule has 1 aromatic heterocycles. The van der Waals surface area contributed by atoms with Crippen LogP contribution in [0.4, 0.5) is 0 Å². The first kappa shape index (κ1) is 17.2. The maximum Gasteiger partial charge on any atom is 0.331 e. The van der Waals surface area contributed by atoms with Crippen molar-refractivity contribution < 1.29 is 14.3 Å². The summed E-state index contributed by atoms with van der Waals surface area (Å²) in [7, 11) is 1.41. The lowest BCUT2D eigenvalue weighted by molar-refractivity contribution is -0.135. The van der Waals surface area contributed by atoms with Gasteiger partial charge in [0.1, 0.15) is 6.54 Å². The van der Waals surface area contributed by atoms with Crippen LogP contribution in [0.3, 0.4) is 0 Å². The Balaban J connectivity index is 1.85. The minimum Gasteiger partial charge on any atom is -0.493 e. The van der Waals surface area contributed by atoms with Crippen LogP contribution in [0.1, 0.15) is 11.1 Å². The van der Waals surface area contributed by atoms with Gasteiger partial charge < -0.3 is 9.47 Å². The van der Waals surface area contributed by atoms with Gasteiger partial charge in [-0.3, -0.25) is 9.36 Å². The van der Waals surface area contributed by atoms with Gasteiger partial charge in [0.15, 0.2) is 11.5 Å². The van der Waals surface area contributed by atoms with Crippen molar-refractivity contribution in [1.29, 1.82) is 5.26 Å². The quantitative estimate of drug-likeness (QED) is 0.529. The van der Waals surface area contributed by atoms with E-state index >= 15 is 0 Å². The fraction of sp³-hybridized carbons (Fsp3) is 0.158. The van der Waals surface area contributed by atoms with Crippen molar-refractivity contribution in [2.75, 3.05) is 7.11 Å². The summed E-state index contributed by atoms with van der Waals surface area (Å²) in [5, 5.41) is 9.34. The molecule has 7 nitrogen and oxygen atoms in total. The highest BCUT2D eigenvalue weighted by Gasteiger charge is 2.14. The van der Waals surface area contributed by atoms with E-state index in [1.54, 1.807) is 12.1 Å². The van der Waals surface area contributed by atoms with Gasteiger partial charge in [0, 0.05) is 6.07 Å². The number of rotatable bonds is 4. The van der Waals surface area contributed by atoms with Gasteiger partial charge in [-0.25, -0.2) is 9.78 Å². The average Bonchev–Trinajstić information content (AvgIpc) is 2.65. The molecule has 3 rings (SSSR count). The molecule has 0 aliphatic rings. The van der Waals surface area contributed by atoms with E-state index in [1.807, 2.05) is 19.1 Å². The van der Waals surface area contributed by atoms with Crippen molar-refractivity contribution in [2.45, 2.75) is 13.5 Å². The van der Waals surface area contributed by atoms with Gasteiger partial charge in [-0.1, -0.05) is 12.1 Å². The van der Waals surface area contributed by atoms with Gasteiger partial charge in [-0.15, -0.1) is 0 Å². The number of fused-ring (bicyclic) bond motifs is 1. The first-order valence-electron chi connectivity index (χ1n) is 7.77. The summed E-state index contributed by atoms with van der Waals surface area (Å²) in [5.74, 6) is -0.213. The van der Waals surface area contributed by atoms with Crippen LogP contribution in [-0.2, 0) is 11.3 Å². The second kappa shape index (κ2) is 7.07. The number of para-hydroxylation sites is 1. The van der Waals surface area contributed by atoms with Crippen molar-refractivity contribution >= 4 is 16.9 Å². The highest BCUT2D eigenvalue weighted by molar-refractivity contribution is 5.81. The van der Waals surface area contributed by atoms with E-state index in [2.05, 4.69) is 4.98 Å². The van der Waals surface area contributed by atoms with Crippen LogP contribution in [0.2, 0.25) is 0 Å². The van der Waals surface area contributed by atoms with Gasteiger partial charge in [0.05, 0.1) is 36.0 Å². The normalized spacial score (nSPS) is 10.3. The van der Waals surface area contributed by atoms with Crippen LogP contribution >= 0.6 is 0 Å². The summed E-state index contributed by atoms with van der Waals surface area (Å²) < 4.78 is 11.6. The number of benzene rings is 2. The van der Waals surface area contributed by atoms with Crippen molar-refractivity contribution in [1.82, 2.24) is 9.55 Å². The Morgan fingerprint density at radius 1 is 1.27 bits per heavy atom. The number of aromatic nitrogens is 2. The molecule has 3 aromatic rings. The maximum atomic E-state index is 12.5. The number of esters is 1. The van der Waals surface area contributed by atoms with E-state index in [4.69, 9.17) is 14.7 Å². The van der Waals surface area contributed by atoms with Crippen LogP contribution < -0.4 is 15.0 Å². The lowest BCUT2D eigenvalue weighted by Crippen LogP contribution is -2.27. The maximum absolute atomic E-state index is 12.5. The number of hydrogen-bond donors (Lipinski definition) is 0. The first-order chi connectivity index (χ1) is 12.5. The minimum atomic E-state index is -0.649. The molecule has 0 atom stereocenters. The van der Waals surface area contributed by atoms with Crippen LogP contribution in [0, 0.1) is 18.3 Å². The third kappa shape index (κ3) is 3.26. The topological polar surface area (TPSA) is 94.2 Å². The fourth-order valence-corrected chi connectivity index (χ4v) is 2.57. The molecule has 7 heteroatoms. The summed E-state index contributed by atoms with van der Waals surface area (Å²) in [6.45, 7) is 1.57. The highest BCUT2D eigenvalue weighted by atomic mass is 16.6. The molecule has 0 radical (unpaired) electrons. The van der Waals surface area contributed by atoms with E-state index in [0.29, 0.717) is 16.5 Å². The Bertz CT molecular complexity index is 1100. The smallest absolute Gasteiger partial charge is 0.331 e. The lowest BCUT2D eigenvalue weighted by atomic mass is 10.1. The average molecular weight is 349 g/mol. The van der Waals surface area contributed by atoms with Gasteiger partial charge in [0.2, 0.25) is 0 Å². The molecule has 0 amide bonds. The van der Waals surface area contributed by atoms with E-state index in [0.717, 1.165) is 5.56 Å². The summed E-state index contributed by atoms with van der Waals surface area (Å²) in [6, 6.07) is 11.7. The molecular formula is C19H15N3O4. The fourth-order valence-electron chi connectivity index (χ4n) is 2.57. The van der Waals surface area contributed by atoms with Crippen molar-refractivity contribution in [3.63, 3.8) is 0 Å². The van der Waals surface area contributed by atoms with E-state index in [1.165, 1.54) is 36.2 Å². The zero-order valence-electron chi connectivity index (χ0n) is 14.2. The minimum absolute atomic E-state index is 0.175. The van der Waals surface area contributed by atoms with Crippen molar-refractivity contribution in [2.24, 2.45) is 0 Å². The lowest BCUT2D eigenvalue weighted by Gasteiger charge is -2.10. The molecule has 2 aromatic carbocycles. The number of nitrogens with zero attached hydrogens (tertiary/aromatic N) is 3. The molecule has 0 saturated carbocycles. The zero-order valence-corrected chi connectivity index (χ0v) is 14.2. The SMILES string of the molecule is COc1cc(C#N)ccc1OC(=O)Cn1cnc2c(C)cccc2c1=O. The van der Waals surface area contributed by atoms with Gasteiger partial charge in [-0.2, -0.15) is 5.26 Å². The van der Waals surface area contributed by atoms with Crippen molar-refractivity contribution in [3.05, 3.63) is 64.2 Å². The van der Waals surface area contributed by atoms with E-state index < -0.39 is 5.97 Å². The van der Waals surface area contributed by atoms with Gasteiger partial charge in [0.25, 0.3) is 5.56 Å². The number of ether oxygens (including phenoxy) is 2. The standard InChI is InChI=1S/C19H15N3O4/c1-12-4-3-5-14-18(12)21-11-22(19(14)24)10-17(23)26-15-7-6-13(9-20)8-16(15)25-2/h3-8,11H,10H2,1-2H3. The summed E-state index contributed by atoms with van der Waals surface area (Å²) in [6.07, 6.45) is 1.33. The predicted octanol–water partition coefficient (Wildman–Crippen LogP) is 2.19. The van der Waals surface area contributed by atoms with Gasteiger partial charge in [-0.05, 0) is 30.7 Å². The Hall–Kier alpha value is -3.66. The number of aryl methyl sites for hydroxylation is 1. The summed E-state index contributed by atoms with van der Waals surface area (Å²) in [4.78, 5) is 29.0. The number of methoxy groups -OCH3 is 1. The summed E-state index contributed by atoms with van der Waals surface area (Å²) >= 11 is 0. The van der Waals surface area contributed by atoms with Crippen molar-refractivity contribution in [3.8, 4) is 17.6 Å². The molecule has 0 bridgehead atoms. The Morgan fingerprint density at radius 2 is 2.08 bits per heavy atom. The van der Waals surface area contributed by atoms with E-state index in [-0.39, 0.29) is 23.6 Å². The van der Waals surface area contributed by atoms with Crippen LogP contribution in [-0.4, -0.2) is 22.6 Å². The molecule has 26 heavy (non-hydrogen) atoms. The first-order valence-corrected chi connectivity index (χ1v) is 7.77. The molecule has 1 heterocycles. The van der Waals surface area contributed by atoms with Crippen LogP contribution in [0.25, 0.3) is 10.9 Å². The molecule has 130 valence electrons. The molecule has 0 aliphatic heterocycles. The highest BCUT2D eigenvalue weighted by Crippen LogP contribution is 2.28. The molecule has 0 N–H and O–H groups in total. The van der Waals surface area contributed by atoms with Crippen LogP contribution in [0.5, 0.6) is 11.5 Å². The zero-order chi connectivity index (χ0) is 18.7. The molecule has 0 unspecified atom stereocenters. The van der Waals surface area contributed by atoms with Crippen LogP contribution in [0.15, 0.2) is 47.5 Å².